The molecule has 172 valence electrons. The average Bonchev–Trinajstić information content (AvgIpc) is 2.73. The van der Waals surface area contributed by atoms with Crippen LogP contribution in [0.3, 0.4) is 0 Å². The Morgan fingerprint density at radius 2 is 1.71 bits per heavy atom. The molecule has 3 N–H and O–H groups in total. The molecule has 6 nitrogen and oxygen atoms in total. The lowest BCUT2D eigenvalue weighted by Gasteiger charge is -2.12. The summed E-state index contributed by atoms with van der Waals surface area (Å²) in [4.78, 5) is 8.40. The molecular formula is C21H29F3IN5O. The van der Waals surface area contributed by atoms with Crippen molar-refractivity contribution in [2.24, 2.45) is 4.99 Å². The lowest BCUT2D eigenvalue weighted by molar-refractivity contribution is -0.176. The van der Waals surface area contributed by atoms with Crippen molar-refractivity contribution >= 4 is 35.8 Å². The molecule has 0 atom stereocenters. The van der Waals surface area contributed by atoms with E-state index in [2.05, 4.69) is 30.7 Å². The van der Waals surface area contributed by atoms with E-state index in [1.54, 1.807) is 25.4 Å². The van der Waals surface area contributed by atoms with E-state index in [4.69, 9.17) is 0 Å². The molecule has 2 aromatic rings. The summed E-state index contributed by atoms with van der Waals surface area (Å²) in [6.07, 6.45) is -0.567. The fraction of sp³-hybridized carbons (Fsp3) is 0.429. The summed E-state index contributed by atoms with van der Waals surface area (Å²) in [6.45, 7) is 0.899. The molecular weight excluding hydrogens is 522 g/mol. The van der Waals surface area contributed by atoms with Crippen molar-refractivity contribution in [2.75, 3.05) is 32.1 Å². The maximum absolute atomic E-state index is 12.1. The molecule has 1 heterocycles. The number of pyridine rings is 1. The van der Waals surface area contributed by atoms with Crippen LogP contribution in [0.5, 0.6) is 0 Å². The van der Waals surface area contributed by atoms with Crippen molar-refractivity contribution in [3.63, 3.8) is 0 Å². The van der Waals surface area contributed by atoms with Crippen LogP contribution in [0, 0.1) is 0 Å². The number of unbranched alkanes of at least 4 members (excludes halogenated alkanes) is 1. The van der Waals surface area contributed by atoms with Gasteiger partial charge in [-0.15, -0.1) is 24.0 Å². The Hall–Kier alpha value is -2.08. The van der Waals surface area contributed by atoms with Crippen molar-refractivity contribution in [3.8, 4) is 0 Å². The van der Waals surface area contributed by atoms with Crippen LogP contribution in [0.25, 0.3) is 0 Å². The highest BCUT2D eigenvalue weighted by Crippen LogP contribution is 2.15. The molecule has 31 heavy (non-hydrogen) atoms. The molecule has 0 saturated carbocycles. The first kappa shape index (κ1) is 27.0. The van der Waals surface area contributed by atoms with Crippen LogP contribution >= 0.6 is 24.0 Å². The maximum Gasteiger partial charge on any atom is 0.411 e. The van der Waals surface area contributed by atoms with Crippen molar-refractivity contribution in [1.29, 1.82) is 0 Å². The van der Waals surface area contributed by atoms with E-state index < -0.39 is 12.8 Å². The molecule has 2 rings (SSSR count). The van der Waals surface area contributed by atoms with E-state index in [9.17, 15) is 13.2 Å². The minimum Gasteiger partial charge on any atom is -0.370 e. The van der Waals surface area contributed by atoms with Crippen molar-refractivity contribution in [1.82, 2.24) is 15.6 Å². The third kappa shape index (κ3) is 12.4. The van der Waals surface area contributed by atoms with Gasteiger partial charge in [0.2, 0.25) is 0 Å². The van der Waals surface area contributed by atoms with E-state index in [0.717, 1.165) is 37.3 Å². The van der Waals surface area contributed by atoms with Crippen LogP contribution in [0.4, 0.5) is 19.0 Å². The highest BCUT2D eigenvalue weighted by atomic mass is 127. The number of anilines is 1. The van der Waals surface area contributed by atoms with Gasteiger partial charge in [-0.25, -0.2) is 4.98 Å². The van der Waals surface area contributed by atoms with Crippen molar-refractivity contribution in [3.05, 3.63) is 59.8 Å². The lowest BCUT2D eigenvalue weighted by Crippen LogP contribution is -2.37. The highest BCUT2D eigenvalue weighted by Gasteiger charge is 2.27. The summed E-state index contributed by atoms with van der Waals surface area (Å²) in [5, 5.41) is 9.75. The van der Waals surface area contributed by atoms with Crippen LogP contribution in [0.1, 0.15) is 24.0 Å². The highest BCUT2D eigenvalue weighted by molar-refractivity contribution is 14.0. The molecule has 10 heteroatoms. The standard InChI is InChI=1S/C21H28F3N5O.HI/c1-25-20(28-13-5-4-12-27-19-6-2-3-11-26-19)29-14-17-7-9-18(10-8-17)15-30-16-21(22,23)24;/h2-3,6-11H,4-5,12-16H2,1H3,(H,26,27)(H2,25,28,29);1H. The molecule has 0 amide bonds. The zero-order valence-corrected chi connectivity index (χ0v) is 19.7. The van der Waals surface area contributed by atoms with Gasteiger partial charge in [-0.05, 0) is 36.1 Å². The van der Waals surface area contributed by atoms with Crippen LogP contribution < -0.4 is 16.0 Å². The zero-order chi connectivity index (χ0) is 21.7. The predicted octanol–water partition coefficient (Wildman–Crippen LogP) is 4.34. The first-order chi connectivity index (χ1) is 14.5. The summed E-state index contributed by atoms with van der Waals surface area (Å²) < 4.78 is 40.9. The molecule has 0 radical (unpaired) electrons. The summed E-state index contributed by atoms with van der Waals surface area (Å²) >= 11 is 0. The third-order valence-electron chi connectivity index (χ3n) is 4.11. The van der Waals surface area contributed by atoms with Gasteiger partial charge in [-0.1, -0.05) is 30.3 Å². The van der Waals surface area contributed by atoms with E-state index in [1.807, 2.05) is 30.3 Å². The van der Waals surface area contributed by atoms with Gasteiger partial charge < -0.3 is 20.7 Å². The second-order valence-corrected chi connectivity index (χ2v) is 6.63. The lowest BCUT2D eigenvalue weighted by atomic mass is 10.1. The Balaban J connectivity index is 0.00000480. The molecule has 0 aliphatic rings. The van der Waals surface area contributed by atoms with Gasteiger partial charge in [0.25, 0.3) is 0 Å². The van der Waals surface area contributed by atoms with Gasteiger partial charge in [0.1, 0.15) is 12.4 Å². The molecule has 0 aliphatic carbocycles. The fourth-order valence-electron chi connectivity index (χ4n) is 2.58. The predicted molar refractivity (Wildman–Crippen MR) is 128 cm³/mol. The van der Waals surface area contributed by atoms with Crippen LogP contribution in [0.2, 0.25) is 0 Å². The van der Waals surface area contributed by atoms with Gasteiger partial charge in [0.15, 0.2) is 5.96 Å². The van der Waals surface area contributed by atoms with Gasteiger partial charge in [0.05, 0.1) is 6.61 Å². The summed E-state index contributed by atoms with van der Waals surface area (Å²) in [6, 6.07) is 13.0. The molecule has 1 aromatic heterocycles. The summed E-state index contributed by atoms with van der Waals surface area (Å²) in [7, 11) is 1.71. The Morgan fingerprint density at radius 3 is 2.35 bits per heavy atom. The van der Waals surface area contributed by atoms with Crippen LogP contribution in [-0.4, -0.2) is 43.9 Å². The minimum absolute atomic E-state index is 0. The number of guanidine groups is 1. The first-order valence-electron chi connectivity index (χ1n) is 9.78. The van der Waals surface area contributed by atoms with Gasteiger partial charge in [-0.3, -0.25) is 4.99 Å². The number of halogens is 4. The molecule has 0 bridgehead atoms. The smallest absolute Gasteiger partial charge is 0.370 e. The number of benzene rings is 1. The van der Waals surface area contributed by atoms with Crippen molar-refractivity contribution in [2.45, 2.75) is 32.2 Å². The monoisotopic (exact) mass is 551 g/mol. The molecule has 0 spiro atoms. The zero-order valence-electron chi connectivity index (χ0n) is 17.4. The summed E-state index contributed by atoms with van der Waals surface area (Å²) in [5.74, 6) is 1.58. The number of aliphatic imine (C=N–C) groups is 1. The second kappa shape index (κ2) is 14.8. The molecule has 0 unspecified atom stereocenters. The molecule has 0 fully saturated rings. The van der Waals surface area contributed by atoms with Crippen LogP contribution in [0.15, 0.2) is 53.7 Å². The molecule has 0 saturated heterocycles. The van der Waals surface area contributed by atoms with Gasteiger partial charge in [0, 0.05) is 32.9 Å². The molecule has 0 aliphatic heterocycles. The molecule has 1 aromatic carbocycles. The van der Waals surface area contributed by atoms with Gasteiger partial charge in [-0.2, -0.15) is 13.2 Å². The average molecular weight is 551 g/mol. The largest absolute Gasteiger partial charge is 0.411 e. The number of ether oxygens (including phenoxy) is 1. The van der Waals surface area contributed by atoms with E-state index >= 15 is 0 Å². The van der Waals surface area contributed by atoms with E-state index in [1.165, 1.54) is 0 Å². The second-order valence-electron chi connectivity index (χ2n) is 6.63. The quantitative estimate of drug-likeness (QED) is 0.168. The van der Waals surface area contributed by atoms with Gasteiger partial charge >= 0.3 is 6.18 Å². The number of alkyl halides is 3. The Kier molecular flexibility index (Phi) is 12.9. The van der Waals surface area contributed by atoms with Crippen molar-refractivity contribution < 1.29 is 17.9 Å². The number of hydrogen-bond donors (Lipinski definition) is 3. The van der Waals surface area contributed by atoms with E-state index in [0.29, 0.717) is 18.1 Å². The fourth-order valence-corrected chi connectivity index (χ4v) is 2.58. The van der Waals surface area contributed by atoms with E-state index in [-0.39, 0.29) is 30.6 Å². The number of aromatic nitrogens is 1. The Morgan fingerprint density at radius 1 is 1.00 bits per heavy atom. The normalized spacial score (nSPS) is 11.5. The Labute approximate surface area is 198 Å². The Bertz CT molecular complexity index is 758. The van der Waals surface area contributed by atoms with Crippen LogP contribution in [-0.2, 0) is 17.9 Å². The topological polar surface area (TPSA) is 70.6 Å². The minimum atomic E-state index is -4.30. The number of hydrogen-bond acceptors (Lipinski definition) is 4. The number of nitrogens with one attached hydrogen (secondary N) is 3. The number of nitrogens with zero attached hydrogens (tertiary/aromatic N) is 2. The third-order valence-corrected chi connectivity index (χ3v) is 4.11. The SMILES string of the molecule is CN=C(NCCCCNc1ccccn1)NCc1ccc(COCC(F)(F)F)cc1.I. The maximum atomic E-state index is 12.1. The number of rotatable bonds is 11. The first-order valence-corrected chi connectivity index (χ1v) is 9.78. The summed E-state index contributed by atoms with van der Waals surface area (Å²) in [5.41, 5.74) is 1.70.